The van der Waals surface area contributed by atoms with Crippen molar-refractivity contribution in [2.45, 2.75) is 51.4 Å². The van der Waals surface area contributed by atoms with E-state index >= 15 is 0 Å². The molecule has 1 N–H and O–H groups in total. The van der Waals surface area contributed by atoms with Crippen LogP contribution in [-0.4, -0.2) is 16.9 Å². The zero-order valence-corrected chi connectivity index (χ0v) is 9.00. The normalized spacial score (nSPS) is 18.7. The van der Waals surface area contributed by atoms with Crippen molar-refractivity contribution in [2.24, 2.45) is 0 Å². The summed E-state index contributed by atoms with van der Waals surface area (Å²) in [5, 5.41) is 8.42. The third-order valence-corrected chi connectivity index (χ3v) is 2.69. The first kappa shape index (κ1) is 12.0. The summed E-state index contributed by atoms with van der Waals surface area (Å²) in [6.45, 7) is 0. The van der Waals surface area contributed by atoms with Gasteiger partial charge in [0.25, 0.3) is 0 Å². The van der Waals surface area contributed by atoms with Crippen LogP contribution in [-0.2, 0) is 9.59 Å². The molecule has 3 heteroatoms. The first-order valence-corrected chi connectivity index (χ1v) is 5.64. The van der Waals surface area contributed by atoms with Gasteiger partial charge in [-0.2, -0.15) is 0 Å². The number of aliphatic carboxylic acids is 1. The van der Waals surface area contributed by atoms with Crippen LogP contribution in [0, 0.1) is 0 Å². The van der Waals surface area contributed by atoms with Crippen LogP contribution >= 0.6 is 0 Å². The lowest BCUT2D eigenvalue weighted by molar-refractivity contribution is -0.137. The van der Waals surface area contributed by atoms with Gasteiger partial charge in [0.15, 0.2) is 5.78 Å². The molecule has 84 valence electrons. The second-order valence-electron chi connectivity index (χ2n) is 4.00. The van der Waals surface area contributed by atoms with Crippen molar-refractivity contribution in [1.29, 1.82) is 0 Å². The van der Waals surface area contributed by atoms with Crippen LogP contribution in [0.15, 0.2) is 11.6 Å². The number of ketones is 1. The van der Waals surface area contributed by atoms with Gasteiger partial charge in [0.05, 0.1) is 0 Å². The van der Waals surface area contributed by atoms with Gasteiger partial charge in [-0.05, 0) is 37.7 Å². The number of hydrogen-bond donors (Lipinski definition) is 1. The molecule has 0 radical (unpaired) electrons. The first-order chi connectivity index (χ1) is 7.20. The quantitative estimate of drug-likeness (QED) is 0.541. The summed E-state index contributed by atoms with van der Waals surface area (Å²) in [6, 6.07) is 0. The molecule has 0 bridgehead atoms. The highest BCUT2D eigenvalue weighted by Crippen LogP contribution is 2.21. The second-order valence-corrected chi connectivity index (χ2v) is 4.00. The highest BCUT2D eigenvalue weighted by molar-refractivity contribution is 5.97. The van der Waals surface area contributed by atoms with E-state index in [0.717, 1.165) is 44.1 Å². The highest BCUT2D eigenvalue weighted by atomic mass is 16.4. The lowest BCUT2D eigenvalue weighted by Gasteiger charge is -1.97. The Balaban J connectivity index is 2.05. The minimum atomic E-state index is -0.723. The lowest BCUT2D eigenvalue weighted by Crippen LogP contribution is -1.93. The molecule has 0 amide bonds. The summed E-state index contributed by atoms with van der Waals surface area (Å²) in [4.78, 5) is 21.5. The van der Waals surface area contributed by atoms with E-state index in [0.29, 0.717) is 12.2 Å². The molecular formula is C12H18O3. The summed E-state index contributed by atoms with van der Waals surface area (Å²) >= 11 is 0. The van der Waals surface area contributed by atoms with Gasteiger partial charge in [-0.15, -0.1) is 0 Å². The maximum Gasteiger partial charge on any atom is 0.303 e. The van der Waals surface area contributed by atoms with Crippen molar-refractivity contribution in [3.05, 3.63) is 11.6 Å². The number of unbranched alkanes of at least 4 members (excludes halogenated alkanes) is 3. The van der Waals surface area contributed by atoms with Crippen LogP contribution < -0.4 is 0 Å². The van der Waals surface area contributed by atoms with Crippen molar-refractivity contribution >= 4 is 11.8 Å². The van der Waals surface area contributed by atoms with E-state index in [-0.39, 0.29) is 6.42 Å². The average Bonchev–Trinajstić information content (AvgIpc) is 2.57. The number of carbonyl (C=O) groups excluding carboxylic acids is 1. The molecule has 0 heterocycles. The maximum atomic E-state index is 11.2. The van der Waals surface area contributed by atoms with Crippen molar-refractivity contribution in [1.82, 2.24) is 0 Å². The molecule has 0 spiro atoms. The summed E-state index contributed by atoms with van der Waals surface area (Å²) < 4.78 is 0. The van der Waals surface area contributed by atoms with Gasteiger partial charge in [-0.3, -0.25) is 9.59 Å². The Morgan fingerprint density at radius 3 is 2.67 bits per heavy atom. The Labute approximate surface area is 90.2 Å². The molecule has 0 aliphatic heterocycles. The number of allylic oxidation sites excluding steroid dienone is 2. The fourth-order valence-electron chi connectivity index (χ4n) is 1.83. The average molecular weight is 210 g/mol. The highest BCUT2D eigenvalue weighted by Gasteiger charge is 2.15. The fourth-order valence-corrected chi connectivity index (χ4v) is 1.83. The fraction of sp³-hybridized carbons (Fsp3) is 0.667. The third-order valence-electron chi connectivity index (χ3n) is 2.69. The summed E-state index contributed by atoms with van der Waals surface area (Å²) in [5.41, 5.74) is 0.994. The predicted octanol–water partition coefficient (Wildman–Crippen LogP) is 2.70. The van der Waals surface area contributed by atoms with Gasteiger partial charge in [0.2, 0.25) is 0 Å². The number of carbonyl (C=O) groups is 2. The van der Waals surface area contributed by atoms with Crippen molar-refractivity contribution in [2.75, 3.05) is 0 Å². The molecule has 0 aromatic rings. The molecule has 15 heavy (non-hydrogen) atoms. The molecule has 1 rings (SSSR count). The topological polar surface area (TPSA) is 54.4 Å². The Bertz CT molecular complexity index is 266. The van der Waals surface area contributed by atoms with E-state index < -0.39 is 5.97 Å². The molecule has 1 saturated carbocycles. The zero-order chi connectivity index (χ0) is 11.1. The molecule has 0 unspecified atom stereocenters. The molecule has 3 nitrogen and oxygen atoms in total. The van der Waals surface area contributed by atoms with Gasteiger partial charge >= 0.3 is 5.97 Å². The van der Waals surface area contributed by atoms with Gasteiger partial charge < -0.3 is 5.11 Å². The van der Waals surface area contributed by atoms with Crippen LogP contribution in [0.3, 0.4) is 0 Å². The van der Waals surface area contributed by atoms with E-state index in [1.165, 1.54) is 0 Å². The van der Waals surface area contributed by atoms with Gasteiger partial charge in [-0.1, -0.05) is 12.5 Å². The predicted molar refractivity (Wildman–Crippen MR) is 57.7 cm³/mol. The van der Waals surface area contributed by atoms with Crippen molar-refractivity contribution in [3.63, 3.8) is 0 Å². The third kappa shape index (κ3) is 4.77. The Hall–Kier alpha value is -1.12. The zero-order valence-electron chi connectivity index (χ0n) is 9.00. The monoisotopic (exact) mass is 210 g/mol. The molecule has 0 atom stereocenters. The largest absolute Gasteiger partial charge is 0.481 e. The Kier molecular flexibility index (Phi) is 5.08. The minimum Gasteiger partial charge on any atom is -0.481 e. The molecule has 1 aliphatic carbocycles. The maximum absolute atomic E-state index is 11.2. The van der Waals surface area contributed by atoms with Crippen LogP contribution in [0.25, 0.3) is 0 Å². The van der Waals surface area contributed by atoms with Gasteiger partial charge in [-0.25, -0.2) is 0 Å². The van der Waals surface area contributed by atoms with E-state index in [9.17, 15) is 9.59 Å². The lowest BCUT2D eigenvalue weighted by atomic mass is 10.1. The summed E-state index contributed by atoms with van der Waals surface area (Å²) in [6.07, 6.45) is 8.54. The van der Waals surface area contributed by atoms with Crippen molar-refractivity contribution < 1.29 is 14.7 Å². The number of carboxylic acid groups (broad SMARTS) is 1. The number of rotatable bonds is 6. The number of hydrogen-bond acceptors (Lipinski definition) is 2. The van der Waals surface area contributed by atoms with Gasteiger partial charge in [0.1, 0.15) is 0 Å². The van der Waals surface area contributed by atoms with Crippen LogP contribution in [0.2, 0.25) is 0 Å². The molecule has 1 fully saturated rings. The standard InChI is InChI=1S/C12H18O3/c13-11-8-5-7-10(11)6-3-1-2-4-9-12(14)15/h6H,1-5,7-9H2,(H,14,15)/b10-6-. The van der Waals surface area contributed by atoms with Gasteiger partial charge in [0, 0.05) is 12.8 Å². The molecule has 1 aliphatic rings. The van der Waals surface area contributed by atoms with Crippen LogP contribution in [0.4, 0.5) is 0 Å². The van der Waals surface area contributed by atoms with E-state index in [1.807, 2.05) is 6.08 Å². The van der Waals surface area contributed by atoms with Crippen LogP contribution in [0.1, 0.15) is 51.4 Å². The number of Topliss-reactive ketones (excluding diaryl/α,β-unsaturated/α-hetero) is 1. The smallest absolute Gasteiger partial charge is 0.303 e. The van der Waals surface area contributed by atoms with E-state index in [1.54, 1.807) is 0 Å². The molecular weight excluding hydrogens is 192 g/mol. The molecule has 0 aromatic heterocycles. The molecule has 0 aromatic carbocycles. The number of carboxylic acids is 1. The van der Waals surface area contributed by atoms with E-state index in [4.69, 9.17) is 5.11 Å². The second kappa shape index (κ2) is 6.38. The van der Waals surface area contributed by atoms with E-state index in [2.05, 4.69) is 0 Å². The Morgan fingerprint density at radius 2 is 2.07 bits per heavy atom. The first-order valence-electron chi connectivity index (χ1n) is 5.64. The Morgan fingerprint density at radius 1 is 1.27 bits per heavy atom. The minimum absolute atomic E-state index is 0.259. The summed E-state index contributed by atoms with van der Waals surface area (Å²) in [5.74, 6) is -0.417. The molecule has 0 saturated heterocycles. The van der Waals surface area contributed by atoms with Crippen molar-refractivity contribution in [3.8, 4) is 0 Å². The SMILES string of the molecule is O=C(O)CCCCC/C=C1/CCCC1=O. The van der Waals surface area contributed by atoms with Crippen LogP contribution in [0.5, 0.6) is 0 Å². The summed E-state index contributed by atoms with van der Waals surface area (Å²) in [7, 11) is 0.